The van der Waals surface area contributed by atoms with Crippen LogP contribution in [0.25, 0.3) is 0 Å². The molecule has 1 atom stereocenters. The van der Waals surface area contributed by atoms with Crippen LogP contribution in [0.3, 0.4) is 0 Å². The number of amides is 1. The van der Waals surface area contributed by atoms with E-state index in [-0.39, 0.29) is 13.2 Å². The van der Waals surface area contributed by atoms with Crippen molar-refractivity contribution in [3.8, 4) is 5.75 Å². The zero-order valence-corrected chi connectivity index (χ0v) is 19.2. The summed E-state index contributed by atoms with van der Waals surface area (Å²) in [5.41, 5.74) is 1.96. The second-order valence-electron chi connectivity index (χ2n) is 7.66. The lowest BCUT2D eigenvalue weighted by Crippen LogP contribution is -2.39. The summed E-state index contributed by atoms with van der Waals surface area (Å²) in [5, 5.41) is 0. The number of aromatic nitrogens is 3. The van der Waals surface area contributed by atoms with E-state index in [9.17, 15) is 9.59 Å². The van der Waals surface area contributed by atoms with Crippen molar-refractivity contribution in [1.82, 2.24) is 15.0 Å². The molecule has 0 spiro atoms. The Kier molecular flexibility index (Phi) is 7.75. The van der Waals surface area contributed by atoms with Gasteiger partial charge in [-0.2, -0.15) is 0 Å². The number of ether oxygens (including phenoxy) is 2. The van der Waals surface area contributed by atoms with Crippen molar-refractivity contribution in [3.63, 3.8) is 0 Å². The smallest absolute Gasteiger partial charge is 0.323 e. The van der Waals surface area contributed by atoms with Gasteiger partial charge in [-0.1, -0.05) is 48.5 Å². The van der Waals surface area contributed by atoms with E-state index in [4.69, 9.17) is 9.47 Å². The molecule has 0 bridgehead atoms. The van der Waals surface area contributed by atoms with Crippen LogP contribution in [-0.2, 0) is 27.5 Å². The Bertz CT molecular complexity index is 1250. The van der Waals surface area contributed by atoms with E-state index in [0.29, 0.717) is 22.7 Å². The monoisotopic (exact) mass is 468 g/mol. The standard InChI is InChI=1S/C27H24N4O4/c1-34-23-11-7-10-22(14-23)25(27(33)35-18-20-8-3-2-4-9-20)26(32)31(24-12-5-6-13-30-24)17-21-15-28-19-29-16-21/h2-16,19,25H,17-18H2,1H3. The zero-order chi connectivity index (χ0) is 24.5. The predicted molar refractivity (Wildman–Crippen MR) is 129 cm³/mol. The number of nitrogens with zero attached hydrogens (tertiary/aromatic N) is 4. The molecular formula is C27H24N4O4. The van der Waals surface area contributed by atoms with E-state index in [0.717, 1.165) is 5.56 Å². The van der Waals surface area contributed by atoms with Gasteiger partial charge in [0, 0.05) is 24.2 Å². The number of esters is 1. The van der Waals surface area contributed by atoms with Crippen molar-refractivity contribution >= 4 is 17.7 Å². The summed E-state index contributed by atoms with van der Waals surface area (Å²) in [6, 6.07) is 21.4. The highest BCUT2D eigenvalue weighted by molar-refractivity contribution is 6.10. The van der Waals surface area contributed by atoms with Gasteiger partial charge < -0.3 is 9.47 Å². The van der Waals surface area contributed by atoms with Gasteiger partial charge in [0.05, 0.1) is 13.7 Å². The maximum Gasteiger partial charge on any atom is 0.323 e. The van der Waals surface area contributed by atoms with Crippen LogP contribution in [0.5, 0.6) is 5.75 Å². The normalized spacial score (nSPS) is 11.3. The quantitative estimate of drug-likeness (QED) is 0.271. The van der Waals surface area contributed by atoms with Gasteiger partial charge in [-0.3, -0.25) is 14.5 Å². The average molecular weight is 469 g/mol. The second kappa shape index (κ2) is 11.5. The number of carbonyl (C=O) groups excluding carboxylic acids is 2. The third-order valence-electron chi connectivity index (χ3n) is 5.28. The minimum Gasteiger partial charge on any atom is -0.497 e. The van der Waals surface area contributed by atoms with Crippen molar-refractivity contribution in [2.24, 2.45) is 0 Å². The molecule has 1 unspecified atom stereocenters. The van der Waals surface area contributed by atoms with Gasteiger partial charge in [0.15, 0.2) is 5.92 Å². The van der Waals surface area contributed by atoms with Crippen LogP contribution in [0.1, 0.15) is 22.6 Å². The Labute approximate surface area is 203 Å². The Hall–Kier alpha value is -4.59. The third-order valence-corrected chi connectivity index (χ3v) is 5.28. The van der Waals surface area contributed by atoms with Crippen LogP contribution in [0.2, 0.25) is 0 Å². The van der Waals surface area contributed by atoms with Gasteiger partial charge in [-0.05, 0) is 35.4 Å². The van der Waals surface area contributed by atoms with Crippen molar-refractivity contribution in [1.29, 1.82) is 0 Å². The molecule has 0 saturated carbocycles. The van der Waals surface area contributed by atoms with Crippen molar-refractivity contribution in [2.45, 2.75) is 19.1 Å². The number of benzene rings is 2. The molecule has 0 saturated heterocycles. The Morgan fingerprint density at radius 3 is 2.40 bits per heavy atom. The first-order valence-corrected chi connectivity index (χ1v) is 11.0. The molecule has 2 aromatic heterocycles. The Morgan fingerprint density at radius 2 is 1.69 bits per heavy atom. The van der Waals surface area contributed by atoms with Crippen LogP contribution < -0.4 is 9.64 Å². The number of anilines is 1. The van der Waals surface area contributed by atoms with Crippen molar-refractivity contribution in [2.75, 3.05) is 12.0 Å². The van der Waals surface area contributed by atoms with Crippen LogP contribution in [-0.4, -0.2) is 33.9 Å². The lowest BCUT2D eigenvalue weighted by atomic mass is 9.97. The van der Waals surface area contributed by atoms with Crippen molar-refractivity contribution in [3.05, 3.63) is 114 Å². The summed E-state index contributed by atoms with van der Waals surface area (Å²) in [4.78, 5) is 41.3. The largest absolute Gasteiger partial charge is 0.497 e. The van der Waals surface area contributed by atoms with Crippen LogP contribution in [0, 0.1) is 0 Å². The highest BCUT2D eigenvalue weighted by atomic mass is 16.5. The van der Waals surface area contributed by atoms with E-state index in [1.807, 2.05) is 30.3 Å². The molecule has 35 heavy (non-hydrogen) atoms. The van der Waals surface area contributed by atoms with E-state index < -0.39 is 17.8 Å². The number of pyridine rings is 1. The SMILES string of the molecule is COc1cccc(C(C(=O)OCc2ccccc2)C(=O)N(Cc2cncnc2)c2ccccn2)c1. The maximum absolute atomic E-state index is 14.0. The van der Waals surface area contributed by atoms with Crippen LogP contribution in [0.4, 0.5) is 5.82 Å². The topological polar surface area (TPSA) is 94.5 Å². The van der Waals surface area contributed by atoms with E-state index in [1.54, 1.807) is 61.1 Å². The molecule has 8 nitrogen and oxygen atoms in total. The summed E-state index contributed by atoms with van der Waals surface area (Å²) in [7, 11) is 1.53. The first-order valence-electron chi connectivity index (χ1n) is 11.0. The molecule has 2 aromatic carbocycles. The molecule has 8 heteroatoms. The molecule has 0 fully saturated rings. The fourth-order valence-corrected chi connectivity index (χ4v) is 3.55. The van der Waals surface area contributed by atoms with Crippen molar-refractivity contribution < 1.29 is 19.1 Å². The molecule has 0 aliphatic rings. The molecule has 4 rings (SSSR count). The summed E-state index contributed by atoms with van der Waals surface area (Å²) in [6.45, 7) is 0.173. The number of hydrogen-bond acceptors (Lipinski definition) is 7. The fourth-order valence-electron chi connectivity index (χ4n) is 3.55. The highest BCUT2D eigenvalue weighted by Gasteiger charge is 2.35. The lowest BCUT2D eigenvalue weighted by molar-refractivity contribution is -0.149. The molecule has 0 aliphatic carbocycles. The van der Waals surface area contributed by atoms with Crippen LogP contribution >= 0.6 is 0 Å². The second-order valence-corrected chi connectivity index (χ2v) is 7.66. The Balaban J connectivity index is 1.70. The zero-order valence-electron chi connectivity index (χ0n) is 19.2. The summed E-state index contributed by atoms with van der Waals surface area (Å²) in [6.07, 6.45) is 6.23. The molecular weight excluding hydrogens is 444 g/mol. The highest BCUT2D eigenvalue weighted by Crippen LogP contribution is 2.27. The summed E-state index contributed by atoms with van der Waals surface area (Å²) >= 11 is 0. The van der Waals surface area contributed by atoms with Gasteiger partial charge in [0.2, 0.25) is 5.91 Å². The number of hydrogen-bond donors (Lipinski definition) is 0. The summed E-state index contributed by atoms with van der Waals surface area (Å²) in [5.74, 6) is -1.47. The minimum absolute atomic E-state index is 0.0452. The minimum atomic E-state index is -1.24. The molecule has 1 amide bonds. The molecule has 0 aliphatic heterocycles. The van der Waals surface area contributed by atoms with Gasteiger partial charge in [0.25, 0.3) is 0 Å². The predicted octanol–water partition coefficient (Wildman–Crippen LogP) is 3.94. The van der Waals surface area contributed by atoms with Gasteiger partial charge >= 0.3 is 5.97 Å². The molecule has 4 aromatic rings. The number of methoxy groups -OCH3 is 1. The molecule has 0 N–H and O–H groups in total. The molecule has 2 heterocycles. The van der Waals surface area contributed by atoms with Crippen LogP contribution in [0.15, 0.2) is 97.7 Å². The lowest BCUT2D eigenvalue weighted by Gasteiger charge is -2.26. The molecule has 0 radical (unpaired) electrons. The third kappa shape index (κ3) is 6.05. The van der Waals surface area contributed by atoms with E-state index in [1.165, 1.54) is 18.3 Å². The molecule has 176 valence electrons. The van der Waals surface area contributed by atoms with Gasteiger partial charge in [-0.15, -0.1) is 0 Å². The van der Waals surface area contributed by atoms with E-state index in [2.05, 4.69) is 15.0 Å². The summed E-state index contributed by atoms with van der Waals surface area (Å²) < 4.78 is 10.9. The first kappa shape index (κ1) is 23.6. The number of carbonyl (C=O) groups is 2. The van der Waals surface area contributed by atoms with Gasteiger partial charge in [-0.25, -0.2) is 15.0 Å². The Morgan fingerprint density at radius 1 is 0.914 bits per heavy atom. The maximum atomic E-state index is 14.0. The van der Waals surface area contributed by atoms with E-state index >= 15 is 0 Å². The fraction of sp³-hybridized carbons (Fsp3) is 0.148. The first-order chi connectivity index (χ1) is 17.2. The number of rotatable bonds is 9. The average Bonchev–Trinajstić information content (AvgIpc) is 2.92. The van der Waals surface area contributed by atoms with Gasteiger partial charge in [0.1, 0.15) is 24.5 Å².